The minimum Gasteiger partial charge on any atom is -0.330 e. The first-order chi connectivity index (χ1) is 9.56. The summed E-state index contributed by atoms with van der Waals surface area (Å²) in [5.74, 6) is -0.138. The Hall–Kier alpha value is -1.88. The molecular formula is C15H23N3O2. The second-order valence-corrected chi connectivity index (χ2v) is 4.79. The zero-order valence-electron chi connectivity index (χ0n) is 12.2. The third kappa shape index (κ3) is 5.40. The van der Waals surface area contributed by atoms with Crippen molar-refractivity contribution in [3.8, 4) is 0 Å². The number of nitrogens with one attached hydrogen (secondary N) is 2. The Bertz CT molecular complexity index is 472. The molecule has 0 bridgehead atoms. The van der Waals surface area contributed by atoms with Gasteiger partial charge < -0.3 is 16.4 Å². The van der Waals surface area contributed by atoms with E-state index in [0.717, 1.165) is 12.0 Å². The molecule has 0 saturated carbocycles. The van der Waals surface area contributed by atoms with Crippen LogP contribution in [0.1, 0.15) is 38.2 Å². The van der Waals surface area contributed by atoms with Gasteiger partial charge in [0.15, 0.2) is 0 Å². The van der Waals surface area contributed by atoms with Crippen LogP contribution in [-0.4, -0.2) is 18.4 Å². The van der Waals surface area contributed by atoms with Crippen molar-refractivity contribution in [2.75, 3.05) is 17.2 Å². The minimum atomic E-state index is -0.0907. The summed E-state index contributed by atoms with van der Waals surface area (Å²) in [6, 6.07) is 5.56. The third-order valence-corrected chi connectivity index (χ3v) is 2.81. The summed E-state index contributed by atoms with van der Waals surface area (Å²) in [6.45, 7) is 4.37. The highest BCUT2D eigenvalue weighted by Gasteiger charge is 2.09. The van der Waals surface area contributed by atoms with Crippen LogP contribution in [0.5, 0.6) is 0 Å². The van der Waals surface area contributed by atoms with Gasteiger partial charge in [0.2, 0.25) is 11.8 Å². The predicted molar refractivity (Wildman–Crippen MR) is 81.6 cm³/mol. The number of amides is 2. The van der Waals surface area contributed by atoms with Crippen molar-refractivity contribution in [1.82, 2.24) is 0 Å². The van der Waals surface area contributed by atoms with E-state index >= 15 is 0 Å². The summed E-state index contributed by atoms with van der Waals surface area (Å²) < 4.78 is 0. The monoisotopic (exact) mass is 277 g/mol. The number of carbonyl (C=O) groups is 2. The molecule has 5 nitrogen and oxygen atoms in total. The SMILES string of the molecule is CCCC(=O)Nc1ccc(C)cc1NC(=O)CCCN. The van der Waals surface area contributed by atoms with Crippen molar-refractivity contribution in [3.63, 3.8) is 0 Å². The van der Waals surface area contributed by atoms with Crippen molar-refractivity contribution >= 4 is 23.2 Å². The second kappa shape index (κ2) is 8.32. The van der Waals surface area contributed by atoms with Crippen molar-refractivity contribution < 1.29 is 9.59 Å². The van der Waals surface area contributed by atoms with E-state index < -0.39 is 0 Å². The first-order valence-electron chi connectivity index (χ1n) is 6.97. The zero-order chi connectivity index (χ0) is 15.0. The fraction of sp³-hybridized carbons (Fsp3) is 0.467. The molecule has 0 aliphatic carbocycles. The summed E-state index contributed by atoms with van der Waals surface area (Å²) in [7, 11) is 0. The molecule has 0 aliphatic heterocycles. The zero-order valence-corrected chi connectivity index (χ0v) is 12.2. The molecule has 0 spiro atoms. The molecule has 0 aliphatic rings. The Morgan fingerprint density at radius 3 is 2.40 bits per heavy atom. The molecular weight excluding hydrogens is 254 g/mol. The molecule has 110 valence electrons. The second-order valence-electron chi connectivity index (χ2n) is 4.79. The molecule has 20 heavy (non-hydrogen) atoms. The largest absolute Gasteiger partial charge is 0.330 e. The van der Waals surface area contributed by atoms with Crippen LogP contribution in [0, 0.1) is 6.92 Å². The summed E-state index contributed by atoms with van der Waals surface area (Å²) in [4.78, 5) is 23.4. The predicted octanol–water partition coefficient (Wildman–Crippen LogP) is 2.41. The number of hydrogen-bond donors (Lipinski definition) is 3. The maximum Gasteiger partial charge on any atom is 0.224 e. The number of carbonyl (C=O) groups excluding carboxylic acids is 2. The molecule has 0 aromatic heterocycles. The highest BCUT2D eigenvalue weighted by Crippen LogP contribution is 2.23. The lowest BCUT2D eigenvalue weighted by atomic mass is 10.1. The van der Waals surface area contributed by atoms with Crippen LogP contribution in [0.15, 0.2) is 18.2 Å². The van der Waals surface area contributed by atoms with Crippen LogP contribution in [0.4, 0.5) is 11.4 Å². The lowest BCUT2D eigenvalue weighted by Crippen LogP contribution is -2.17. The number of aryl methyl sites for hydroxylation is 1. The van der Waals surface area contributed by atoms with E-state index in [1.807, 2.05) is 26.0 Å². The van der Waals surface area contributed by atoms with Gasteiger partial charge in [0, 0.05) is 12.8 Å². The number of hydrogen-bond acceptors (Lipinski definition) is 3. The van der Waals surface area contributed by atoms with Gasteiger partial charge >= 0.3 is 0 Å². The molecule has 1 aromatic carbocycles. The van der Waals surface area contributed by atoms with Gasteiger partial charge in [-0.2, -0.15) is 0 Å². The van der Waals surface area contributed by atoms with Gasteiger partial charge in [0.25, 0.3) is 0 Å². The molecule has 0 unspecified atom stereocenters. The topological polar surface area (TPSA) is 84.2 Å². The molecule has 0 atom stereocenters. The fourth-order valence-corrected chi connectivity index (χ4v) is 1.79. The van der Waals surface area contributed by atoms with E-state index in [-0.39, 0.29) is 11.8 Å². The first kappa shape index (κ1) is 16.2. The smallest absolute Gasteiger partial charge is 0.224 e. The van der Waals surface area contributed by atoms with E-state index in [4.69, 9.17) is 5.73 Å². The molecule has 5 heteroatoms. The van der Waals surface area contributed by atoms with Gasteiger partial charge in [-0.05, 0) is 44.0 Å². The van der Waals surface area contributed by atoms with E-state index in [9.17, 15) is 9.59 Å². The van der Waals surface area contributed by atoms with Gasteiger partial charge in [-0.3, -0.25) is 9.59 Å². The highest BCUT2D eigenvalue weighted by molar-refractivity contribution is 5.99. The van der Waals surface area contributed by atoms with Crippen LogP contribution < -0.4 is 16.4 Å². The Kier molecular flexibility index (Phi) is 6.73. The van der Waals surface area contributed by atoms with Crippen molar-refractivity contribution in [1.29, 1.82) is 0 Å². The van der Waals surface area contributed by atoms with Crippen LogP contribution in [-0.2, 0) is 9.59 Å². The molecule has 4 N–H and O–H groups in total. The van der Waals surface area contributed by atoms with Gasteiger partial charge in [-0.15, -0.1) is 0 Å². The van der Waals surface area contributed by atoms with Crippen molar-refractivity contribution in [2.45, 2.75) is 39.5 Å². The van der Waals surface area contributed by atoms with Gasteiger partial charge in [-0.1, -0.05) is 13.0 Å². The number of nitrogens with two attached hydrogens (primary N) is 1. The maximum absolute atomic E-state index is 11.8. The van der Waals surface area contributed by atoms with Gasteiger partial charge in [0.1, 0.15) is 0 Å². The maximum atomic E-state index is 11.8. The molecule has 0 heterocycles. The normalized spacial score (nSPS) is 10.2. The van der Waals surface area contributed by atoms with Crippen molar-refractivity contribution in [2.24, 2.45) is 5.73 Å². The molecule has 0 fully saturated rings. The van der Waals surface area contributed by atoms with E-state index in [2.05, 4.69) is 10.6 Å². The molecule has 1 rings (SSSR count). The standard InChI is InChI=1S/C15H23N3O2/c1-3-5-14(19)17-12-8-7-11(2)10-13(12)18-15(20)6-4-9-16/h7-8,10H,3-6,9,16H2,1-2H3,(H,17,19)(H,18,20). The van der Waals surface area contributed by atoms with E-state index in [0.29, 0.717) is 37.2 Å². The molecule has 0 saturated heterocycles. The summed E-state index contributed by atoms with van der Waals surface area (Å²) in [5.41, 5.74) is 7.68. The average Bonchev–Trinajstić information content (AvgIpc) is 2.40. The Morgan fingerprint density at radius 2 is 1.75 bits per heavy atom. The minimum absolute atomic E-state index is 0.0474. The van der Waals surface area contributed by atoms with Crippen LogP contribution in [0.2, 0.25) is 0 Å². The summed E-state index contributed by atoms with van der Waals surface area (Å²) in [6.07, 6.45) is 2.28. The quantitative estimate of drug-likeness (QED) is 0.715. The van der Waals surface area contributed by atoms with Crippen LogP contribution >= 0.6 is 0 Å². The van der Waals surface area contributed by atoms with Crippen molar-refractivity contribution in [3.05, 3.63) is 23.8 Å². The number of anilines is 2. The van der Waals surface area contributed by atoms with Gasteiger partial charge in [0.05, 0.1) is 11.4 Å². The summed E-state index contributed by atoms with van der Waals surface area (Å²) >= 11 is 0. The Balaban J connectivity index is 2.79. The Labute approximate surface area is 119 Å². The molecule has 1 aromatic rings. The Morgan fingerprint density at radius 1 is 1.10 bits per heavy atom. The third-order valence-electron chi connectivity index (χ3n) is 2.81. The average molecular weight is 277 g/mol. The lowest BCUT2D eigenvalue weighted by molar-refractivity contribution is -0.117. The lowest BCUT2D eigenvalue weighted by Gasteiger charge is -2.13. The van der Waals surface area contributed by atoms with Gasteiger partial charge in [-0.25, -0.2) is 0 Å². The fourth-order valence-electron chi connectivity index (χ4n) is 1.79. The highest BCUT2D eigenvalue weighted by atomic mass is 16.2. The van der Waals surface area contributed by atoms with E-state index in [1.165, 1.54) is 0 Å². The van der Waals surface area contributed by atoms with Crippen LogP contribution in [0.25, 0.3) is 0 Å². The van der Waals surface area contributed by atoms with E-state index in [1.54, 1.807) is 6.07 Å². The number of rotatable bonds is 7. The molecule has 2 amide bonds. The van der Waals surface area contributed by atoms with Crippen LogP contribution in [0.3, 0.4) is 0 Å². The summed E-state index contributed by atoms with van der Waals surface area (Å²) in [5, 5.41) is 5.65. The number of benzene rings is 1. The molecule has 0 radical (unpaired) electrons. The first-order valence-corrected chi connectivity index (χ1v) is 6.97.